The summed E-state index contributed by atoms with van der Waals surface area (Å²) in [5, 5.41) is 0.768. The molecule has 0 saturated heterocycles. The maximum Gasteiger partial charge on any atom is 0.234 e. The Kier molecular flexibility index (Phi) is 9.83. The number of nitrogens with one attached hydrogen (secondary N) is 1. The number of carbonyl (C=O) groups is 1. The molecular weight excluding hydrogens is 678 g/mol. The number of amides is 1. The van der Waals surface area contributed by atoms with E-state index in [1.165, 1.54) is 11.1 Å². The molecule has 0 radical (unpaired) electrons. The van der Waals surface area contributed by atoms with Crippen molar-refractivity contribution >= 4 is 62.7 Å². The zero-order valence-corrected chi connectivity index (χ0v) is 27.7. The molecule has 2 aliphatic carbocycles. The topological polar surface area (TPSA) is 67.9 Å². The van der Waals surface area contributed by atoms with Crippen LogP contribution in [0.4, 0.5) is 5.69 Å². The average molecular weight is 715 g/mol. The molecule has 216 valence electrons. The van der Waals surface area contributed by atoms with Crippen LogP contribution in [0.1, 0.15) is 50.7 Å². The van der Waals surface area contributed by atoms with Gasteiger partial charge >= 0.3 is 0 Å². The first-order valence-corrected chi connectivity index (χ1v) is 19.5. The highest BCUT2D eigenvalue weighted by molar-refractivity contribution is 14.2. The quantitative estimate of drug-likeness (QED) is 0.170. The maximum atomic E-state index is 13.2. The molecule has 3 aliphatic rings. The molecule has 6 nitrogen and oxygen atoms in total. The van der Waals surface area contributed by atoms with Gasteiger partial charge in [-0.15, -0.1) is 6.58 Å². The molecule has 40 heavy (non-hydrogen) atoms. The van der Waals surface area contributed by atoms with Crippen molar-refractivity contribution in [2.75, 3.05) is 24.6 Å². The molecule has 2 aromatic carbocycles. The second-order valence-electron chi connectivity index (χ2n) is 11.5. The Bertz CT molecular complexity index is 1300. The summed E-state index contributed by atoms with van der Waals surface area (Å²) >= 11 is 8.68. The van der Waals surface area contributed by atoms with E-state index < -0.39 is 11.0 Å². The van der Waals surface area contributed by atoms with Gasteiger partial charge in [0.1, 0.15) is 5.75 Å². The van der Waals surface area contributed by atoms with E-state index in [1.807, 2.05) is 24.3 Å². The number of nitrogens with zero attached hydrogens (tertiary/aromatic N) is 1. The molecule has 1 N–H and O–H groups in total. The lowest BCUT2D eigenvalue weighted by atomic mass is 9.68. The third-order valence-corrected chi connectivity index (χ3v) is 11.1. The summed E-state index contributed by atoms with van der Waals surface area (Å²) in [5.74, 6) is 1.17. The van der Waals surface area contributed by atoms with Crippen LogP contribution >= 0.6 is 40.1 Å². The van der Waals surface area contributed by atoms with Crippen LogP contribution in [-0.2, 0) is 32.1 Å². The Labute approximate surface area is 259 Å². The largest absolute Gasteiger partial charge is 0.490 e. The molecule has 1 amide bonds. The Morgan fingerprint density at radius 1 is 1.35 bits per heavy atom. The minimum absolute atomic E-state index is 0.0493. The van der Waals surface area contributed by atoms with Crippen LogP contribution in [0.2, 0.25) is 5.02 Å². The summed E-state index contributed by atoms with van der Waals surface area (Å²) in [6.07, 6.45) is 7.37. The maximum absolute atomic E-state index is 13.2. The summed E-state index contributed by atoms with van der Waals surface area (Å²) in [6.45, 7) is 10.2. The van der Waals surface area contributed by atoms with Crippen molar-refractivity contribution in [1.82, 2.24) is 4.72 Å². The fourth-order valence-corrected chi connectivity index (χ4v) is 8.77. The summed E-state index contributed by atoms with van der Waals surface area (Å²) in [6, 6.07) is 11.9. The smallest absolute Gasteiger partial charge is 0.234 e. The van der Waals surface area contributed by atoms with Gasteiger partial charge in [0.2, 0.25) is 5.91 Å². The average Bonchev–Trinajstić information content (AvgIpc) is 3.07. The number of halogens is 2. The third kappa shape index (κ3) is 6.26. The number of benzene rings is 2. The van der Waals surface area contributed by atoms with Gasteiger partial charge in [-0.2, -0.15) is 0 Å². The molecule has 0 bridgehead atoms. The Morgan fingerprint density at radius 3 is 2.88 bits per heavy atom. The molecule has 1 spiro atoms. The number of hydrogen-bond acceptors (Lipinski definition) is 5. The monoisotopic (exact) mass is 714 g/mol. The van der Waals surface area contributed by atoms with Crippen LogP contribution in [0, 0.1) is 17.8 Å². The van der Waals surface area contributed by atoms with Crippen LogP contribution in [0.15, 0.2) is 53.9 Å². The predicted octanol–water partition coefficient (Wildman–Crippen LogP) is 7.15. The number of ether oxygens (including phenoxy) is 1. The number of fused-ring (bicyclic) bond motifs is 3. The molecule has 1 fully saturated rings. The lowest BCUT2D eigenvalue weighted by Crippen LogP contribution is -2.49. The molecule has 10 heteroatoms. The molecule has 1 heterocycles. The van der Waals surface area contributed by atoms with E-state index in [0.29, 0.717) is 29.8 Å². The van der Waals surface area contributed by atoms with E-state index in [1.54, 1.807) is 19.9 Å². The first-order valence-electron chi connectivity index (χ1n) is 13.9. The highest BCUT2D eigenvalue weighted by atomic mass is 127. The molecule has 2 unspecified atom stereocenters. The van der Waals surface area contributed by atoms with Crippen LogP contribution < -0.4 is 14.4 Å². The van der Waals surface area contributed by atoms with E-state index in [0.717, 1.165) is 61.7 Å². The lowest BCUT2D eigenvalue weighted by Gasteiger charge is -2.46. The van der Waals surface area contributed by atoms with Crippen LogP contribution in [0.3, 0.4) is 0 Å². The van der Waals surface area contributed by atoms with E-state index in [-0.39, 0.29) is 23.3 Å². The third-order valence-electron chi connectivity index (χ3n) is 8.71. The van der Waals surface area contributed by atoms with E-state index >= 15 is 0 Å². The summed E-state index contributed by atoms with van der Waals surface area (Å²) < 4.78 is 28.4. The molecule has 1 aliphatic heterocycles. The van der Waals surface area contributed by atoms with Gasteiger partial charge in [-0.1, -0.05) is 37.6 Å². The van der Waals surface area contributed by atoms with Crippen molar-refractivity contribution in [2.24, 2.45) is 17.8 Å². The molecule has 1 saturated carbocycles. The Hall–Kier alpha value is -1.19. The van der Waals surface area contributed by atoms with Gasteiger partial charge < -0.3 is 14.2 Å². The summed E-state index contributed by atoms with van der Waals surface area (Å²) in [7, 11) is -1.65. The van der Waals surface area contributed by atoms with Crippen LogP contribution in [-0.4, -0.2) is 35.9 Å². The van der Waals surface area contributed by atoms with Gasteiger partial charge in [0.05, 0.1) is 29.7 Å². The van der Waals surface area contributed by atoms with E-state index in [2.05, 4.69) is 50.4 Å². The minimum Gasteiger partial charge on any atom is -0.490 e. The van der Waals surface area contributed by atoms with Gasteiger partial charge in [0.15, 0.2) is 11.0 Å². The molecule has 6 atom stereocenters. The summed E-state index contributed by atoms with van der Waals surface area (Å²) in [5.41, 5.74) is 3.37. The van der Waals surface area contributed by atoms with Crippen molar-refractivity contribution in [1.29, 1.82) is 0 Å². The first-order chi connectivity index (χ1) is 19.2. The number of aryl methyl sites for hydroxylation is 1. The van der Waals surface area contributed by atoms with Crippen molar-refractivity contribution in [3.63, 3.8) is 0 Å². The standard InChI is InChI=1S/C30H37ClIN2O4PS/c1-4-27(38-39-32)24-10-7-21(24)16-34-17-30(13-5-6-20-14-22(31)8-11-25(20)30)18-37-28-12-9-23(15-26(28)34)40(36)33-29(35)19(2)3/h4,8-9,11-12,14-15,19,21,24,27,39H,1,5-7,10,13,16-18H2,2-3H3,(H,33,35)/t21-,24+,27-,30-,40?/m0/s1. The van der Waals surface area contributed by atoms with Gasteiger partial charge in [-0.05, 0) is 107 Å². The number of carbonyl (C=O) groups excluding carboxylic acids is 1. The van der Waals surface area contributed by atoms with Gasteiger partial charge in [-0.3, -0.25) is 9.52 Å². The predicted molar refractivity (Wildman–Crippen MR) is 173 cm³/mol. The summed E-state index contributed by atoms with van der Waals surface area (Å²) in [4.78, 5) is 15.3. The van der Waals surface area contributed by atoms with Gasteiger partial charge in [0, 0.05) is 29.4 Å². The molecule has 0 aromatic heterocycles. The van der Waals surface area contributed by atoms with E-state index in [9.17, 15) is 9.00 Å². The lowest BCUT2D eigenvalue weighted by molar-refractivity contribution is -0.122. The van der Waals surface area contributed by atoms with Crippen LogP contribution in [0.25, 0.3) is 0 Å². The Morgan fingerprint density at radius 2 is 2.17 bits per heavy atom. The van der Waals surface area contributed by atoms with Crippen molar-refractivity contribution in [2.45, 2.75) is 62.4 Å². The Balaban J connectivity index is 1.51. The fraction of sp³-hybridized carbons (Fsp3) is 0.500. The van der Waals surface area contributed by atoms with Crippen LogP contribution in [0.5, 0.6) is 5.75 Å². The van der Waals surface area contributed by atoms with Crippen molar-refractivity contribution in [3.05, 3.63) is 65.2 Å². The number of hydrogen-bond donors (Lipinski definition) is 1. The van der Waals surface area contributed by atoms with E-state index in [4.69, 9.17) is 20.9 Å². The number of anilines is 1. The molecule has 2 aromatic rings. The van der Waals surface area contributed by atoms with Crippen molar-refractivity contribution in [3.8, 4) is 5.75 Å². The first kappa shape index (κ1) is 30.3. The van der Waals surface area contributed by atoms with Gasteiger partial charge in [0.25, 0.3) is 0 Å². The highest BCUT2D eigenvalue weighted by Crippen LogP contribution is 2.47. The second kappa shape index (κ2) is 13.0. The zero-order valence-electron chi connectivity index (χ0n) is 23.0. The number of rotatable bonds is 9. The van der Waals surface area contributed by atoms with Crippen molar-refractivity contribution < 1.29 is 18.3 Å². The molecular formula is C30H37ClIN2O4PS. The normalized spacial score (nSPS) is 25.5. The second-order valence-corrected chi connectivity index (χ2v) is 14.9. The zero-order chi connectivity index (χ0) is 28.4. The fourth-order valence-electron chi connectivity index (χ4n) is 6.38. The minimum atomic E-state index is -1.65. The SMILES string of the molecule is C=C[C@H](OPI)[C@@H]1CC[C@H]1CN1C[C@@]2(CCCc3cc(Cl)ccc32)COc2ccc(S(=O)NC(=O)C(C)C)cc21. The van der Waals surface area contributed by atoms with Gasteiger partial charge in [-0.25, -0.2) is 4.21 Å². The molecule has 5 rings (SSSR count). The highest BCUT2D eigenvalue weighted by Gasteiger charge is 2.44.